The van der Waals surface area contributed by atoms with E-state index in [1.54, 1.807) is 6.07 Å². The summed E-state index contributed by atoms with van der Waals surface area (Å²) in [6, 6.07) is 4.77. The number of aromatic hydroxyl groups is 1. The van der Waals surface area contributed by atoms with E-state index in [9.17, 15) is 9.50 Å². The molecule has 2 rings (SSSR count). The van der Waals surface area contributed by atoms with Gasteiger partial charge >= 0.3 is 0 Å². The van der Waals surface area contributed by atoms with Gasteiger partial charge in [-0.3, -0.25) is 0 Å². The van der Waals surface area contributed by atoms with E-state index in [1.165, 1.54) is 31.4 Å². The number of hydrogen-bond acceptors (Lipinski definition) is 2. The summed E-state index contributed by atoms with van der Waals surface area (Å²) in [5, 5.41) is 13.4. The third-order valence-corrected chi connectivity index (χ3v) is 4.63. The molecule has 106 valence electrons. The van der Waals surface area contributed by atoms with Gasteiger partial charge in [-0.05, 0) is 31.2 Å². The highest BCUT2D eigenvalue weighted by Gasteiger charge is 2.28. The van der Waals surface area contributed by atoms with Crippen LogP contribution < -0.4 is 5.32 Å². The Bertz CT molecular complexity index is 435. The number of phenols is 1. The van der Waals surface area contributed by atoms with Gasteiger partial charge in [-0.1, -0.05) is 32.8 Å². The molecule has 1 saturated carbocycles. The zero-order chi connectivity index (χ0) is 14.0. The lowest BCUT2D eigenvalue weighted by Crippen LogP contribution is -2.41. The molecule has 1 aromatic carbocycles. The SMILES string of the molecule is CC(NC1CCCC(C)C1C)c1ccc(F)cc1O. The van der Waals surface area contributed by atoms with Crippen LogP contribution in [0.25, 0.3) is 0 Å². The normalized spacial score (nSPS) is 29.2. The number of halogens is 1. The first-order valence-corrected chi connectivity index (χ1v) is 7.23. The smallest absolute Gasteiger partial charge is 0.126 e. The molecule has 0 bridgehead atoms. The third kappa shape index (κ3) is 3.27. The van der Waals surface area contributed by atoms with Crippen LogP contribution in [-0.4, -0.2) is 11.1 Å². The Kier molecular flexibility index (Phi) is 4.46. The van der Waals surface area contributed by atoms with Gasteiger partial charge in [0.25, 0.3) is 0 Å². The van der Waals surface area contributed by atoms with Crippen molar-refractivity contribution in [3.63, 3.8) is 0 Å². The van der Waals surface area contributed by atoms with Crippen LogP contribution in [0, 0.1) is 17.7 Å². The van der Waals surface area contributed by atoms with Gasteiger partial charge in [-0.15, -0.1) is 0 Å². The van der Waals surface area contributed by atoms with Crippen molar-refractivity contribution in [1.82, 2.24) is 5.32 Å². The van der Waals surface area contributed by atoms with Gasteiger partial charge in [0.15, 0.2) is 0 Å². The minimum Gasteiger partial charge on any atom is -0.508 e. The number of nitrogens with one attached hydrogen (secondary N) is 1. The molecule has 1 fully saturated rings. The van der Waals surface area contributed by atoms with Crippen molar-refractivity contribution in [3.05, 3.63) is 29.6 Å². The molecule has 0 amide bonds. The molecule has 0 heterocycles. The topological polar surface area (TPSA) is 32.3 Å². The van der Waals surface area contributed by atoms with Crippen LogP contribution in [0.1, 0.15) is 51.6 Å². The predicted octanol–water partition coefficient (Wildman–Crippen LogP) is 4.01. The van der Waals surface area contributed by atoms with Crippen LogP contribution in [0.2, 0.25) is 0 Å². The summed E-state index contributed by atoms with van der Waals surface area (Å²) in [7, 11) is 0. The molecule has 0 spiro atoms. The van der Waals surface area contributed by atoms with Crippen LogP contribution in [0.5, 0.6) is 5.75 Å². The van der Waals surface area contributed by atoms with Crippen LogP contribution in [0.4, 0.5) is 4.39 Å². The lowest BCUT2D eigenvalue weighted by molar-refractivity contribution is 0.195. The molecule has 1 aromatic rings. The van der Waals surface area contributed by atoms with E-state index in [0.29, 0.717) is 12.0 Å². The molecule has 4 unspecified atom stereocenters. The number of hydrogen-bond donors (Lipinski definition) is 2. The predicted molar refractivity (Wildman–Crippen MR) is 75.6 cm³/mol. The van der Waals surface area contributed by atoms with E-state index >= 15 is 0 Å². The molecule has 1 aliphatic carbocycles. The van der Waals surface area contributed by atoms with E-state index in [1.807, 2.05) is 6.92 Å². The van der Waals surface area contributed by atoms with Gasteiger partial charge in [-0.2, -0.15) is 0 Å². The molecule has 0 aliphatic heterocycles. The molecule has 2 nitrogen and oxygen atoms in total. The number of benzene rings is 1. The fraction of sp³-hybridized carbons (Fsp3) is 0.625. The molecular weight excluding hydrogens is 241 g/mol. The Morgan fingerprint density at radius 1 is 1.32 bits per heavy atom. The summed E-state index contributed by atoms with van der Waals surface area (Å²) in [5.74, 6) is 1.02. The summed E-state index contributed by atoms with van der Waals surface area (Å²) in [5.41, 5.74) is 0.770. The average molecular weight is 265 g/mol. The molecule has 3 heteroatoms. The average Bonchev–Trinajstić information content (AvgIpc) is 2.34. The van der Waals surface area contributed by atoms with E-state index in [-0.39, 0.29) is 11.8 Å². The van der Waals surface area contributed by atoms with Gasteiger partial charge in [0.1, 0.15) is 11.6 Å². The van der Waals surface area contributed by atoms with Gasteiger partial charge in [0.2, 0.25) is 0 Å². The Morgan fingerprint density at radius 3 is 2.74 bits per heavy atom. The van der Waals surface area contributed by atoms with Crippen molar-refractivity contribution in [1.29, 1.82) is 0 Å². The Hall–Kier alpha value is -1.09. The Balaban J connectivity index is 2.05. The van der Waals surface area contributed by atoms with Crippen LogP contribution in [-0.2, 0) is 0 Å². The van der Waals surface area contributed by atoms with E-state index in [4.69, 9.17) is 0 Å². The summed E-state index contributed by atoms with van der Waals surface area (Å²) >= 11 is 0. The molecule has 2 N–H and O–H groups in total. The van der Waals surface area contributed by atoms with Crippen molar-refractivity contribution in [3.8, 4) is 5.75 Å². The second kappa shape index (κ2) is 5.91. The first-order chi connectivity index (χ1) is 8.99. The summed E-state index contributed by atoms with van der Waals surface area (Å²) < 4.78 is 13.0. The lowest BCUT2D eigenvalue weighted by atomic mass is 9.77. The van der Waals surface area contributed by atoms with E-state index in [2.05, 4.69) is 19.2 Å². The lowest BCUT2D eigenvalue weighted by Gasteiger charge is -2.36. The largest absolute Gasteiger partial charge is 0.508 e. The summed E-state index contributed by atoms with van der Waals surface area (Å²) in [6.07, 6.45) is 3.73. The third-order valence-electron chi connectivity index (χ3n) is 4.63. The quantitative estimate of drug-likeness (QED) is 0.865. The van der Waals surface area contributed by atoms with Crippen LogP contribution in [0.15, 0.2) is 18.2 Å². The highest BCUT2D eigenvalue weighted by atomic mass is 19.1. The van der Waals surface area contributed by atoms with Crippen molar-refractivity contribution in [2.75, 3.05) is 0 Å². The van der Waals surface area contributed by atoms with Gasteiger partial charge in [0, 0.05) is 23.7 Å². The molecule has 0 radical (unpaired) electrons. The molecule has 0 saturated heterocycles. The number of rotatable bonds is 3. The first-order valence-electron chi connectivity index (χ1n) is 7.23. The van der Waals surface area contributed by atoms with E-state index < -0.39 is 5.82 Å². The van der Waals surface area contributed by atoms with Crippen LogP contribution in [0.3, 0.4) is 0 Å². The fourth-order valence-corrected chi connectivity index (χ4v) is 3.11. The monoisotopic (exact) mass is 265 g/mol. The summed E-state index contributed by atoms with van der Waals surface area (Å²) in [4.78, 5) is 0. The van der Waals surface area contributed by atoms with Gasteiger partial charge in [0.05, 0.1) is 0 Å². The molecule has 0 aromatic heterocycles. The summed E-state index contributed by atoms with van der Waals surface area (Å²) in [6.45, 7) is 6.62. The standard InChI is InChI=1S/C16H24FNO/c1-10-5-4-6-15(11(10)2)18-12(3)14-8-7-13(17)9-16(14)19/h7-12,15,18-19H,4-6H2,1-3H3. The van der Waals surface area contributed by atoms with Gasteiger partial charge in [-0.25, -0.2) is 4.39 Å². The molecule has 4 atom stereocenters. The number of phenolic OH excluding ortho intramolecular Hbond substituents is 1. The fourth-order valence-electron chi connectivity index (χ4n) is 3.11. The minimum atomic E-state index is -0.395. The van der Waals surface area contributed by atoms with Crippen molar-refractivity contribution < 1.29 is 9.50 Å². The van der Waals surface area contributed by atoms with Crippen molar-refractivity contribution in [2.45, 2.75) is 52.1 Å². The highest BCUT2D eigenvalue weighted by Crippen LogP contribution is 2.32. The Morgan fingerprint density at radius 2 is 2.05 bits per heavy atom. The maximum atomic E-state index is 13.0. The zero-order valence-electron chi connectivity index (χ0n) is 12.0. The zero-order valence-corrected chi connectivity index (χ0v) is 12.0. The second-order valence-electron chi connectivity index (χ2n) is 5.97. The molecule has 1 aliphatic rings. The van der Waals surface area contributed by atoms with Gasteiger partial charge < -0.3 is 10.4 Å². The maximum Gasteiger partial charge on any atom is 0.126 e. The van der Waals surface area contributed by atoms with E-state index in [0.717, 1.165) is 11.5 Å². The van der Waals surface area contributed by atoms with Crippen molar-refractivity contribution in [2.24, 2.45) is 11.8 Å². The maximum absolute atomic E-state index is 13.0. The molecule has 19 heavy (non-hydrogen) atoms. The Labute approximate surface area is 115 Å². The van der Waals surface area contributed by atoms with Crippen molar-refractivity contribution >= 4 is 0 Å². The highest BCUT2D eigenvalue weighted by molar-refractivity contribution is 5.35. The second-order valence-corrected chi connectivity index (χ2v) is 5.97. The van der Waals surface area contributed by atoms with Crippen LogP contribution >= 0.6 is 0 Å². The molecular formula is C16H24FNO. The first kappa shape index (κ1) is 14.3. The minimum absolute atomic E-state index is 0.0384.